The number of aryl methyl sites for hydroxylation is 2. The Morgan fingerprint density at radius 2 is 1.18 bits per heavy atom. The number of hydrogen-bond donors (Lipinski definition) is 0. The number of pyridine rings is 1. The maximum absolute atomic E-state index is 9.51. The molecule has 0 aliphatic heterocycles. The molecule has 2 heterocycles. The molecule has 0 aliphatic rings. The summed E-state index contributed by atoms with van der Waals surface area (Å²) in [6, 6.07) is 61.2. The minimum absolute atomic E-state index is 0.321. The molecule has 68 heavy (non-hydrogen) atoms. The highest BCUT2D eigenvalue weighted by atomic mass is 16.5. The summed E-state index contributed by atoms with van der Waals surface area (Å²) < 4.78 is 92.2. The lowest BCUT2D eigenvalue weighted by molar-refractivity contribution is 0.413. The summed E-state index contributed by atoms with van der Waals surface area (Å²) in [6.45, 7) is -2.17. The van der Waals surface area contributed by atoms with E-state index in [2.05, 4.69) is 109 Å². The van der Waals surface area contributed by atoms with E-state index < -0.39 is 31.9 Å². The van der Waals surface area contributed by atoms with Crippen molar-refractivity contribution in [2.45, 2.75) is 59.6 Å². The molecule has 8 aromatic carbocycles. The second kappa shape index (κ2) is 18.1. The van der Waals surface area contributed by atoms with Crippen molar-refractivity contribution in [1.82, 2.24) is 14.5 Å². The Morgan fingerprint density at radius 1 is 0.544 bits per heavy atom. The van der Waals surface area contributed by atoms with Crippen molar-refractivity contribution in [2.75, 3.05) is 7.11 Å². The van der Waals surface area contributed by atoms with Gasteiger partial charge in [0.05, 0.1) is 35.1 Å². The fourth-order valence-electron chi connectivity index (χ4n) is 9.45. The average molecular weight is 894 g/mol. The van der Waals surface area contributed by atoms with Gasteiger partial charge in [0.25, 0.3) is 0 Å². The lowest BCUT2D eigenvalue weighted by Gasteiger charge is -2.22. The number of methoxy groups -OCH3 is 1. The smallest absolute Gasteiger partial charge is 0.149 e. The van der Waals surface area contributed by atoms with E-state index in [1.165, 1.54) is 12.1 Å². The summed E-state index contributed by atoms with van der Waals surface area (Å²) in [5, 5.41) is 0. The number of ether oxygens (including phenoxy) is 1. The minimum Gasteiger partial charge on any atom is -0.496 e. The van der Waals surface area contributed by atoms with Gasteiger partial charge in [-0.3, -0.25) is 9.55 Å². The van der Waals surface area contributed by atoms with Crippen LogP contribution in [0.4, 0.5) is 0 Å². The molecule has 10 aromatic rings. The molecule has 0 amide bonds. The molecular formula is C64H57N3O. The first-order valence-electron chi connectivity index (χ1n) is 27.8. The van der Waals surface area contributed by atoms with Gasteiger partial charge >= 0.3 is 0 Å². The number of aromatic nitrogens is 3. The van der Waals surface area contributed by atoms with E-state index in [1.807, 2.05) is 81.4 Å². The van der Waals surface area contributed by atoms with Crippen LogP contribution in [0, 0.1) is 13.8 Å². The third-order valence-corrected chi connectivity index (χ3v) is 12.7. The third kappa shape index (κ3) is 8.43. The van der Waals surface area contributed by atoms with Crippen LogP contribution in [0.15, 0.2) is 194 Å². The molecule has 10 rings (SSSR count). The normalized spacial score (nSPS) is 14.5. The van der Waals surface area contributed by atoms with Gasteiger partial charge in [-0.2, -0.15) is 0 Å². The summed E-state index contributed by atoms with van der Waals surface area (Å²) in [5.41, 5.74) is 12.9. The topological polar surface area (TPSA) is 39.9 Å². The van der Waals surface area contributed by atoms with Gasteiger partial charge in [0, 0.05) is 36.6 Å². The minimum atomic E-state index is -3.38. The van der Waals surface area contributed by atoms with Crippen molar-refractivity contribution in [3.8, 4) is 89.7 Å². The van der Waals surface area contributed by atoms with Crippen LogP contribution in [0.5, 0.6) is 5.75 Å². The maximum Gasteiger partial charge on any atom is 0.149 e. The molecule has 0 saturated carbocycles. The van der Waals surface area contributed by atoms with E-state index in [0.717, 1.165) is 89.0 Å². The predicted molar refractivity (Wildman–Crippen MR) is 286 cm³/mol. The molecule has 334 valence electrons. The molecule has 0 radical (unpaired) electrons. The van der Waals surface area contributed by atoms with Crippen LogP contribution in [0.3, 0.4) is 0 Å². The summed E-state index contributed by atoms with van der Waals surface area (Å²) in [6.07, 6.45) is 1.68. The monoisotopic (exact) mass is 894 g/mol. The van der Waals surface area contributed by atoms with Crippen LogP contribution in [-0.2, 0) is 5.41 Å². The number of para-hydroxylation sites is 1. The number of imidazole rings is 1. The lowest BCUT2D eigenvalue weighted by atomic mass is 9.86. The van der Waals surface area contributed by atoms with Crippen molar-refractivity contribution in [3.05, 3.63) is 217 Å². The molecule has 0 fully saturated rings. The largest absolute Gasteiger partial charge is 0.496 e. The summed E-state index contributed by atoms with van der Waals surface area (Å²) in [7, 11) is 1.69. The van der Waals surface area contributed by atoms with Crippen molar-refractivity contribution in [2.24, 2.45) is 0 Å². The van der Waals surface area contributed by atoms with E-state index >= 15 is 0 Å². The van der Waals surface area contributed by atoms with E-state index in [4.69, 9.17) is 27.0 Å². The zero-order valence-corrected chi connectivity index (χ0v) is 38.7. The van der Waals surface area contributed by atoms with Gasteiger partial charge in [-0.25, -0.2) is 4.98 Å². The van der Waals surface area contributed by atoms with Crippen LogP contribution in [0.1, 0.15) is 76.3 Å². The molecule has 0 aliphatic carbocycles. The van der Waals surface area contributed by atoms with Gasteiger partial charge in [0.2, 0.25) is 0 Å². The predicted octanol–water partition coefficient (Wildman–Crippen LogP) is 17.1. The highest BCUT2D eigenvalue weighted by Crippen LogP contribution is 2.45. The number of hydrogen-bond acceptors (Lipinski definition) is 3. The molecule has 2 aromatic heterocycles. The quantitative estimate of drug-likeness (QED) is 0.137. The Labute approximate surface area is 415 Å². The van der Waals surface area contributed by atoms with E-state index in [1.54, 1.807) is 31.5 Å². The standard InChI is InChI=1S/C64H57N3O/c1-41(2)54-39-56(47-23-16-11-17-24-47)60(40-55(54)46-21-14-10-15-22-46)67-59-26-18-25-53(61(59)66-63(67)57-34-42(3)33-43(4)62(57)68-8)50-35-49(44-19-12-9-13-20-44)36-51(37-50)58-38-48(31-32-65-58)45-27-29-52(30-28-45)64(5,6)7/h9-41H,1-8H3/i5D3,6D3,7D3,41D. The number of rotatable bonds is 10. The SMILES string of the molecule is [2H]C(C)(C)c1cc(-c2ccccc2)c(-n2c(-c3cc(C)cc(C)c3OC)nc3c(-c4cc(-c5ccccc5)cc(-c5cc(-c6ccc(C(C([2H])([2H])[2H])(C([2H])([2H])[2H])C([2H])([2H])[2H])cc6)ccn5)c4)cccc32)cc1-c1ccccc1. The van der Waals surface area contributed by atoms with Crippen molar-refractivity contribution < 1.29 is 18.4 Å². The maximum atomic E-state index is 9.51. The van der Waals surface area contributed by atoms with Gasteiger partial charge in [-0.1, -0.05) is 168 Å². The van der Waals surface area contributed by atoms with Crippen LogP contribution in [0.2, 0.25) is 0 Å². The first-order valence-corrected chi connectivity index (χ1v) is 22.8. The fourth-order valence-corrected chi connectivity index (χ4v) is 9.45. The zero-order valence-electron chi connectivity index (χ0n) is 48.7. The summed E-state index contributed by atoms with van der Waals surface area (Å²) >= 11 is 0. The highest BCUT2D eigenvalue weighted by Gasteiger charge is 2.26. The van der Waals surface area contributed by atoms with Gasteiger partial charge < -0.3 is 4.74 Å². The van der Waals surface area contributed by atoms with Gasteiger partial charge in [-0.15, -0.1) is 0 Å². The molecular weight excluding hydrogens is 827 g/mol. The molecule has 0 bridgehead atoms. The number of fused-ring (bicyclic) bond motifs is 1. The zero-order chi connectivity index (χ0) is 55.5. The van der Waals surface area contributed by atoms with Crippen LogP contribution in [-0.4, -0.2) is 21.6 Å². The van der Waals surface area contributed by atoms with Crippen LogP contribution < -0.4 is 4.74 Å². The Kier molecular flexibility index (Phi) is 8.95. The second-order valence-corrected chi connectivity index (χ2v) is 17.7. The second-order valence-electron chi connectivity index (χ2n) is 17.7. The molecule has 0 N–H and O–H groups in total. The Balaban J connectivity index is 1.22. The summed E-state index contributed by atoms with van der Waals surface area (Å²) in [4.78, 5) is 10.6. The van der Waals surface area contributed by atoms with E-state index in [0.29, 0.717) is 28.4 Å². The number of benzene rings is 8. The Bertz CT molecular complexity index is 3800. The Morgan fingerprint density at radius 3 is 1.84 bits per heavy atom. The molecule has 0 atom stereocenters. The highest BCUT2D eigenvalue weighted by molar-refractivity contribution is 5.99. The van der Waals surface area contributed by atoms with Gasteiger partial charge in [-0.05, 0) is 147 Å². The molecule has 0 spiro atoms. The average Bonchev–Trinajstić information content (AvgIpc) is 3.97. The molecule has 4 nitrogen and oxygen atoms in total. The van der Waals surface area contributed by atoms with Crippen molar-refractivity contribution >= 4 is 11.0 Å². The first-order chi connectivity index (χ1) is 37.0. The van der Waals surface area contributed by atoms with E-state index in [-0.39, 0.29) is 5.56 Å². The molecule has 0 saturated heterocycles. The molecule has 4 heteroatoms. The van der Waals surface area contributed by atoms with Crippen molar-refractivity contribution in [1.29, 1.82) is 0 Å². The Hall–Kier alpha value is -7.82. The van der Waals surface area contributed by atoms with Gasteiger partial charge in [0.15, 0.2) is 0 Å². The van der Waals surface area contributed by atoms with E-state index in [9.17, 15) is 1.37 Å². The molecule has 0 unspecified atom stereocenters. The fraction of sp³-hybridized carbons (Fsp3) is 0.156. The van der Waals surface area contributed by atoms with Gasteiger partial charge in [0.1, 0.15) is 11.6 Å². The lowest BCUT2D eigenvalue weighted by Crippen LogP contribution is -2.10. The van der Waals surface area contributed by atoms with Crippen LogP contribution in [0.25, 0.3) is 95.0 Å². The van der Waals surface area contributed by atoms with Crippen LogP contribution >= 0.6 is 0 Å². The number of nitrogens with zero attached hydrogens (tertiary/aromatic N) is 3. The third-order valence-electron chi connectivity index (χ3n) is 12.7. The first kappa shape index (κ1) is 33.6. The van der Waals surface area contributed by atoms with Crippen molar-refractivity contribution in [3.63, 3.8) is 0 Å². The summed E-state index contributed by atoms with van der Waals surface area (Å²) in [5.74, 6) is 0.408.